The normalized spacial score (nSPS) is 10.2. The lowest BCUT2D eigenvalue weighted by Crippen LogP contribution is -2.27. The van der Waals surface area contributed by atoms with Gasteiger partial charge in [-0.25, -0.2) is 9.97 Å². The number of methoxy groups -OCH3 is 1. The summed E-state index contributed by atoms with van der Waals surface area (Å²) in [6, 6.07) is 7.70. The summed E-state index contributed by atoms with van der Waals surface area (Å²) in [5.74, 6) is 0.193. The fraction of sp³-hybridized carbons (Fsp3) is 0.250. The van der Waals surface area contributed by atoms with E-state index in [0.29, 0.717) is 5.95 Å². The zero-order chi connectivity index (χ0) is 12.3. The van der Waals surface area contributed by atoms with Gasteiger partial charge in [0.05, 0.1) is 12.6 Å². The van der Waals surface area contributed by atoms with Gasteiger partial charge in [-0.3, -0.25) is 4.79 Å². The van der Waals surface area contributed by atoms with Gasteiger partial charge in [0, 0.05) is 18.6 Å². The van der Waals surface area contributed by atoms with Gasteiger partial charge in [-0.15, -0.1) is 0 Å². The second kappa shape index (κ2) is 4.78. The molecule has 88 valence electrons. The summed E-state index contributed by atoms with van der Waals surface area (Å²) >= 11 is 0. The Bertz CT molecular complexity index is 542. The number of anilines is 1. The molecule has 0 bridgehead atoms. The van der Waals surface area contributed by atoms with Crippen LogP contribution in [0.1, 0.15) is 0 Å². The zero-order valence-corrected chi connectivity index (χ0v) is 9.75. The Morgan fingerprint density at radius 1 is 1.41 bits per heavy atom. The lowest BCUT2D eigenvalue weighted by molar-refractivity contribution is -0.138. The van der Waals surface area contributed by atoms with Gasteiger partial charge in [0.2, 0.25) is 5.95 Å². The van der Waals surface area contributed by atoms with E-state index < -0.39 is 0 Å². The molecule has 2 rings (SSSR count). The highest BCUT2D eigenvalue weighted by Crippen LogP contribution is 2.13. The maximum atomic E-state index is 11.1. The predicted molar refractivity (Wildman–Crippen MR) is 64.8 cm³/mol. The molecule has 1 aromatic carbocycles. The van der Waals surface area contributed by atoms with Gasteiger partial charge in [-0.05, 0) is 6.07 Å². The van der Waals surface area contributed by atoms with Crippen molar-refractivity contribution < 1.29 is 9.53 Å². The second-order valence-electron chi connectivity index (χ2n) is 3.66. The van der Waals surface area contributed by atoms with Crippen molar-refractivity contribution in [2.75, 3.05) is 25.6 Å². The topological polar surface area (TPSA) is 55.3 Å². The monoisotopic (exact) mass is 231 g/mol. The van der Waals surface area contributed by atoms with Crippen molar-refractivity contribution in [3.63, 3.8) is 0 Å². The molecule has 0 spiro atoms. The average Bonchev–Trinajstić information content (AvgIpc) is 2.38. The first-order valence-corrected chi connectivity index (χ1v) is 5.20. The van der Waals surface area contributed by atoms with Crippen molar-refractivity contribution in [2.45, 2.75) is 0 Å². The Balaban J connectivity index is 2.26. The van der Waals surface area contributed by atoms with Crippen molar-refractivity contribution in [3.8, 4) is 0 Å². The van der Waals surface area contributed by atoms with E-state index in [1.807, 2.05) is 24.3 Å². The van der Waals surface area contributed by atoms with Gasteiger partial charge in [0.1, 0.15) is 6.54 Å². The van der Waals surface area contributed by atoms with Crippen LogP contribution in [-0.2, 0) is 9.53 Å². The number of hydrogen-bond donors (Lipinski definition) is 0. The Kier molecular flexibility index (Phi) is 3.18. The highest BCUT2D eigenvalue weighted by Gasteiger charge is 2.10. The number of rotatable bonds is 3. The molecule has 1 aromatic heterocycles. The molecule has 0 unspecified atom stereocenters. The van der Waals surface area contributed by atoms with Gasteiger partial charge < -0.3 is 9.64 Å². The number of carbonyl (C=O) groups excluding carboxylic acids is 1. The molecule has 5 heteroatoms. The summed E-state index contributed by atoms with van der Waals surface area (Å²) in [5.41, 5.74) is 0.856. The Labute approximate surface area is 99.0 Å². The smallest absolute Gasteiger partial charge is 0.325 e. The summed E-state index contributed by atoms with van der Waals surface area (Å²) in [6.07, 6.45) is 1.74. The number of nitrogens with zero attached hydrogens (tertiary/aromatic N) is 3. The van der Waals surface area contributed by atoms with Crippen LogP contribution < -0.4 is 4.90 Å². The molecule has 0 aliphatic heterocycles. The lowest BCUT2D eigenvalue weighted by Gasteiger charge is -2.15. The maximum Gasteiger partial charge on any atom is 0.325 e. The third kappa shape index (κ3) is 2.50. The van der Waals surface area contributed by atoms with Crippen molar-refractivity contribution >= 4 is 22.8 Å². The van der Waals surface area contributed by atoms with Crippen LogP contribution in [0.4, 0.5) is 5.95 Å². The van der Waals surface area contributed by atoms with Crippen LogP contribution in [0.15, 0.2) is 30.5 Å². The van der Waals surface area contributed by atoms with Crippen LogP contribution in [-0.4, -0.2) is 36.6 Å². The van der Waals surface area contributed by atoms with Crippen LogP contribution in [0.5, 0.6) is 0 Å². The quantitative estimate of drug-likeness (QED) is 0.744. The number of para-hydroxylation sites is 1. The molecule has 0 atom stereocenters. The third-order valence-corrected chi connectivity index (χ3v) is 2.41. The average molecular weight is 231 g/mol. The number of hydrogen-bond acceptors (Lipinski definition) is 5. The highest BCUT2D eigenvalue weighted by atomic mass is 16.5. The SMILES string of the molecule is COC(=O)CN(C)c1ncc2ccccc2n1. The van der Waals surface area contributed by atoms with E-state index in [1.54, 1.807) is 18.1 Å². The molecule has 0 fully saturated rings. The molecule has 0 N–H and O–H groups in total. The minimum absolute atomic E-state index is 0.134. The van der Waals surface area contributed by atoms with E-state index in [4.69, 9.17) is 0 Å². The number of fused-ring (bicyclic) bond motifs is 1. The molecular weight excluding hydrogens is 218 g/mol. The maximum absolute atomic E-state index is 11.1. The molecule has 0 saturated carbocycles. The van der Waals surface area contributed by atoms with E-state index in [9.17, 15) is 4.79 Å². The van der Waals surface area contributed by atoms with Gasteiger partial charge in [-0.2, -0.15) is 0 Å². The van der Waals surface area contributed by atoms with Crippen molar-refractivity contribution in [1.82, 2.24) is 9.97 Å². The summed E-state index contributed by atoms with van der Waals surface area (Å²) < 4.78 is 4.59. The third-order valence-electron chi connectivity index (χ3n) is 2.41. The zero-order valence-electron chi connectivity index (χ0n) is 9.75. The van der Waals surface area contributed by atoms with E-state index in [-0.39, 0.29) is 12.5 Å². The minimum atomic E-state index is -0.316. The Morgan fingerprint density at radius 3 is 2.94 bits per heavy atom. The molecule has 0 aliphatic carbocycles. The molecular formula is C12H13N3O2. The molecule has 17 heavy (non-hydrogen) atoms. The van der Waals surface area contributed by atoms with Gasteiger partial charge in [0.25, 0.3) is 0 Å². The summed E-state index contributed by atoms with van der Waals surface area (Å²) in [4.78, 5) is 21.4. The number of benzene rings is 1. The predicted octanol–water partition coefficient (Wildman–Crippen LogP) is 1.24. The van der Waals surface area contributed by atoms with Gasteiger partial charge in [-0.1, -0.05) is 18.2 Å². The van der Waals surface area contributed by atoms with Crippen molar-refractivity contribution in [1.29, 1.82) is 0 Å². The van der Waals surface area contributed by atoms with Crippen LogP contribution in [0, 0.1) is 0 Å². The number of esters is 1. The van der Waals surface area contributed by atoms with Crippen molar-refractivity contribution in [2.24, 2.45) is 0 Å². The van der Waals surface area contributed by atoms with E-state index in [1.165, 1.54) is 7.11 Å². The summed E-state index contributed by atoms with van der Waals surface area (Å²) in [7, 11) is 3.11. The van der Waals surface area contributed by atoms with Crippen molar-refractivity contribution in [3.05, 3.63) is 30.5 Å². The number of aromatic nitrogens is 2. The molecule has 5 nitrogen and oxygen atoms in total. The second-order valence-corrected chi connectivity index (χ2v) is 3.66. The number of likely N-dealkylation sites (N-methyl/N-ethyl adjacent to an activating group) is 1. The first kappa shape index (κ1) is 11.3. The molecule has 1 heterocycles. The van der Waals surface area contributed by atoms with Crippen LogP contribution in [0.2, 0.25) is 0 Å². The molecule has 0 amide bonds. The first-order valence-electron chi connectivity index (χ1n) is 5.20. The first-order chi connectivity index (χ1) is 8.20. The standard InChI is InChI=1S/C12H13N3O2/c1-15(8-11(16)17-2)12-13-7-9-5-3-4-6-10(9)14-12/h3-7H,8H2,1-2H3. The van der Waals surface area contributed by atoms with Crippen LogP contribution in [0.25, 0.3) is 10.9 Å². The Hall–Kier alpha value is -2.17. The molecule has 0 radical (unpaired) electrons. The van der Waals surface area contributed by atoms with E-state index >= 15 is 0 Å². The van der Waals surface area contributed by atoms with Crippen LogP contribution in [0.3, 0.4) is 0 Å². The largest absolute Gasteiger partial charge is 0.468 e. The molecule has 0 aliphatic rings. The highest BCUT2D eigenvalue weighted by molar-refractivity contribution is 5.79. The van der Waals surface area contributed by atoms with Crippen LogP contribution >= 0.6 is 0 Å². The fourth-order valence-corrected chi connectivity index (χ4v) is 1.48. The molecule has 2 aromatic rings. The summed E-state index contributed by atoms with van der Waals surface area (Å²) in [5, 5.41) is 0.975. The lowest BCUT2D eigenvalue weighted by atomic mass is 10.2. The Morgan fingerprint density at radius 2 is 2.18 bits per heavy atom. The number of carbonyl (C=O) groups is 1. The van der Waals surface area contributed by atoms with Gasteiger partial charge in [0.15, 0.2) is 0 Å². The fourth-order valence-electron chi connectivity index (χ4n) is 1.48. The summed E-state index contributed by atoms with van der Waals surface area (Å²) in [6.45, 7) is 0.134. The van der Waals surface area contributed by atoms with E-state index in [0.717, 1.165) is 10.9 Å². The van der Waals surface area contributed by atoms with Gasteiger partial charge >= 0.3 is 5.97 Å². The molecule has 0 saturated heterocycles. The van der Waals surface area contributed by atoms with E-state index in [2.05, 4.69) is 14.7 Å². The minimum Gasteiger partial charge on any atom is -0.468 e. The number of ether oxygens (including phenoxy) is 1.